The Kier molecular flexibility index (Phi) is 4.37. The number of anilines is 3. The molecule has 0 atom stereocenters. The Bertz CT molecular complexity index is 1110. The molecule has 0 radical (unpaired) electrons. The Morgan fingerprint density at radius 1 is 1.00 bits per heavy atom. The molecule has 2 amide bonds. The van der Waals surface area contributed by atoms with Crippen molar-refractivity contribution in [1.29, 1.82) is 0 Å². The molecular formula is C22H16FN3O2. The highest BCUT2D eigenvalue weighted by Crippen LogP contribution is 2.31. The highest BCUT2D eigenvalue weighted by atomic mass is 19.1. The molecule has 2 N–H and O–H groups in total. The van der Waals surface area contributed by atoms with Gasteiger partial charge in [-0.2, -0.15) is 0 Å². The van der Waals surface area contributed by atoms with Crippen LogP contribution in [0.15, 0.2) is 85.2 Å². The summed E-state index contributed by atoms with van der Waals surface area (Å²) in [7, 11) is 0. The van der Waals surface area contributed by atoms with E-state index in [1.165, 1.54) is 23.1 Å². The number of hydrogen-bond acceptors (Lipinski definition) is 3. The molecule has 3 aromatic carbocycles. The zero-order valence-electron chi connectivity index (χ0n) is 14.8. The molecule has 4 rings (SSSR count). The Morgan fingerprint density at radius 2 is 1.79 bits per heavy atom. The molecule has 0 saturated heterocycles. The van der Waals surface area contributed by atoms with Crippen molar-refractivity contribution in [1.82, 2.24) is 0 Å². The van der Waals surface area contributed by atoms with Gasteiger partial charge in [-0.3, -0.25) is 14.5 Å². The normalized spacial score (nSPS) is 13.0. The summed E-state index contributed by atoms with van der Waals surface area (Å²) in [5.74, 6) is -0.726. The van der Waals surface area contributed by atoms with Gasteiger partial charge in [-0.25, -0.2) is 4.39 Å². The molecule has 138 valence electrons. The van der Waals surface area contributed by atoms with Gasteiger partial charge in [0.1, 0.15) is 11.6 Å². The van der Waals surface area contributed by atoms with Crippen LogP contribution < -0.4 is 15.5 Å². The van der Waals surface area contributed by atoms with Gasteiger partial charge in [0.15, 0.2) is 0 Å². The lowest BCUT2D eigenvalue weighted by atomic mass is 10.1. The molecular weight excluding hydrogens is 357 g/mol. The molecule has 1 aliphatic rings. The minimum atomic E-state index is -0.485. The van der Waals surface area contributed by atoms with Crippen LogP contribution >= 0.6 is 0 Å². The molecule has 28 heavy (non-hydrogen) atoms. The predicted octanol–water partition coefficient (Wildman–Crippen LogP) is 4.62. The van der Waals surface area contributed by atoms with E-state index in [4.69, 9.17) is 0 Å². The minimum absolute atomic E-state index is 0.208. The van der Waals surface area contributed by atoms with E-state index in [-0.39, 0.29) is 11.5 Å². The second-order valence-corrected chi connectivity index (χ2v) is 6.27. The van der Waals surface area contributed by atoms with Crippen LogP contribution in [0, 0.1) is 5.82 Å². The van der Waals surface area contributed by atoms with E-state index in [0.29, 0.717) is 28.4 Å². The number of nitrogens with one attached hydrogen (secondary N) is 2. The first kappa shape index (κ1) is 17.5. The molecule has 6 heteroatoms. The first-order chi connectivity index (χ1) is 13.5. The molecule has 1 aliphatic heterocycles. The van der Waals surface area contributed by atoms with Gasteiger partial charge >= 0.3 is 0 Å². The van der Waals surface area contributed by atoms with Crippen LogP contribution in [0.1, 0.15) is 20.7 Å². The van der Waals surface area contributed by atoms with Gasteiger partial charge in [0.2, 0.25) is 0 Å². The van der Waals surface area contributed by atoms with Crippen molar-refractivity contribution in [2.24, 2.45) is 0 Å². The number of carbonyl (C=O) groups excluding carboxylic acids is 2. The minimum Gasteiger partial charge on any atom is -0.341 e. The summed E-state index contributed by atoms with van der Waals surface area (Å²) in [6, 6.07) is 19.4. The second kappa shape index (κ2) is 7.00. The molecule has 0 aromatic heterocycles. The van der Waals surface area contributed by atoms with Crippen LogP contribution in [0.3, 0.4) is 0 Å². The first-order valence-corrected chi connectivity index (χ1v) is 8.59. The van der Waals surface area contributed by atoms with Crippen LogP contribution in [-0.4, -0.2) is 11.8 Å². The third-order valence-electron chi connectivity index (χ3n) is 4.36. The van der Waals surface area contributed by atoms with E-state index in [2.05, 4.69) is 17.2 Å². The van der Waals surface area contributed by atoms with Gasteiger partial charge < -0.3 is 10.6 Å². The summed E-state index contributed by atoms with van der Waals surface area (Å²) in [6.45, 7) is 3.93. The topological polar surface area (TPSA) is 61.4 Å². The van der Waals surface area contributed by atoms with Crippen LogP contribution in [0.4, 0.5) is 21.5 Å². The fourth-order valence-corrected chi connectivity index (χ4v) is 3.06. The number of fused-ring (bicyclic) bond motifs is 1. The van der Waals surface area contributed by atoms with E-state index in [0.717, 1.165) is 6.07 Å². The molecule has 0 unspecified atom stereocenters. The van der Waals surface area contributed by atoms with Crippen LogP contribution in [0.2, 0.25) is 0 Å². The molecule has 0 bridgehead atoms. The average Bonchev–Trinajstić information content (AvgIpc) is 2.68. The average molecular weight is 373 g/mol. The van der Waals surface area contributed by atoms with Crippen LogP contribution in [-0.2, 0) is 0 Å². The molecule has 0 saturated carbocycles. The first-order valence-electron chi connectivity index (χ1n) is 8.59. The fourth-order valence-electron chi connectivity index (χ4n) is 3.06. The van der Waals surface area contributed by atoms with Crippen LogP contribution in [0.25, 0.3) is 0 Å². The van der Waals surface area contributed by atoms with Crippen molar-refractivity contribution in [2.45, 2.75) is 0 Å². The summed E-state index contributed by atoms with van der Waals surface area (Å²) in [5, 5.41) is 5.83. The number of halogens is 1. The van der Waals surface area contributed by atoms with Crippen molar-refractivity contribution >= 4 is 28.9 Å². The maximum Gasteiger partial charge on any atom is 0.266 e. The summed E-state index contributed by atoms with van der Waals surface area (Å²) in [4.78, 5) is 26.7. The van der Waals surface area contributed by atoms with E-state index in [9.17, 15) is 14.0 Å². The maximum atomic E-state index is 13.3. The molecule has 1 heterocycles. The molecule has 5 nitrogen and oxygen atoms in total. The zero-order valence-corrected chi connectivity index (χ0v) is 14.8. The highest BCUT2D eigenvalue weighted by molar-refractivity contribution is 6.14. The van der Waals surface area contributed by atoms with Crippen molar-refractivity contribution in [3.63, 3.8) is 0 Å². The molecule has 3 aromatic rings. The predicted molar refractivity (Wildman–Crippen MR) is 107 cm³/mol. The van der Waals surface area contributed by atoms with Crippen LogP contribution in [0.5, 0.6) is 0 Å². The smallest absolute Gasteiger partial charge is 0.266 e. The van der Waals surface area contributed by atoms with E-state index >= 15 is 0 Å². The number of amides is 2. The van der Waals surface area contributed by atoms with Gasteiger partial charge in [-0.15, -0.1) is 0 Å². The maximum absolute atomic E-state index is 13.3. The van der Waals surface area contributed by atoms with Gasteiger partial charge in [0.25, 0.3) is 11.8 Å². The van der Waals surface area contributed by atoms with Gasteiger partial charge in [-0.1, -0.05) is 30.8 Å². The number of rotatable bonds is 3. The van der Waals surface area contributed by atoms with Gasteiger partial charge in [0, 0.05) is 11.3 Å². The molecule has 0 fully saturated rings. The largest absolute Gasteiger partial charge is 0.341 e. The fraction of sp³-hybridized carbons (Fsp3) is 0. The Balaban J connectivity index is 1.61. The zero-order chi connectivity index (χ0) is 19.7. The lowest BCUT2D eigenvalue weighted by Crippen LogP contribution is -2.37. The van der Waals surface area contributed by atoms with Crippen molar-refractivity contribution in [3.05, 3.63) is 102 Å². The lowest BCUT2D eigenvalue weighted by Gasteiger charge is -2.31. The number of hydrogen-bond donors (Lipinski definition) is 2. The van der Waals surface area contributed by atoms with Gasteiger partial charge in [-0.05, 0) is 48.5 Å². The van der Waals surface area contributed by atoms with E-state index in [1.54, 1.807) is 36.4 Å². The molecule has 0 spiro atoms. The van der Waals surface area contributed by atoms with E-state index < -0.39 is 11.7 Å². The Hall–Kier alpha value is -3.93. The monoisotopic (exact) mass is 373 g/mol. The summed E-state index contributed by atoms with van der Waals surface area (Å²) in [6.07, 6.45) is 0. The quantitative estimate of drug-likeness (QED) is 0.704. The van der Waals surface area contributed by atoms with Crippen molar-refractivity contribution in [2.75, 3.05) is 15.5 Å². The number of nitrogens with zero attached hydrogens (tertiary/aromatic N) is 1. The Morgan fingerprint density at radius 3 is 2.61 bits per heavy atom. The summed E-state index contributed by atoms with van der Waals surface area (Å²) < 4.78 is 13.3. The van der Waals surface area contributed by atoms with Crippen molar-refractivity contribution < 1.29 is 14.0 Å². The highest BCUT2D eigenvalue weighted by Gasteiger charge is 2.28. The summed E-state index contributed by atoms with van der Waals surface area (Å²) >= 11 is 0. The Labute approximate surface area is 161 Å². The SMILES string of the molecule is C=C1Nc2ccccc2C(=O)N1c1cccc(NC(=O)c2cccc(F)c2)c1. The number of benzene rings is 3. The third kappa shape index (κ3) is 3.23. The van der Waals surface area contributed by atoms with Gasteiger partial charge in [0.05, 0.1) is 16.9 Å². The van der Waals surface area contributed by atoms with Crippen molar-refractivity contribution in [3.8, 4) is 0 Å². The standard InChI is InChI=1S/C22H16FN3O2/c1-14-24-20-11-3-2-10-19(20)22(28)26(14)18-9-5-8-17(13-18)25-21(27)15-6-4-7-16(23)12-15/h2-13,24H,1H2,(H,25,27). The number of carbonyl (C=O) groups is 2. The lowest BCUT2D eigenvalue weighted by molar-refractivity contribution is 0.0992. The third-order valence-corrected chi connectivity index (χ3v) is 4.36. The molecule has 0 aliphatic carbocycles. The second-order valence-electron chi connectivity index (χ2n) is 6.27. The number of para-hydroxylation sites is 1. The summed E-state index contributed by atoms with van der Waals surface area (Å²) in [5.41, 5.74) is 2.47. The van der Waals surface area contributed by atoms with E-state index in [1.807, 2.05) is 12.1 Å².